The summed E-state index contributed by atoms with van der Waals surface area (Å²) in [4.78, 5) is 7.50. The number of imidazole rings is 2. The van der Waals surface area contributed by atoms with Crippen LogP contribution in [0.3, 0.4) is 0 Å². The summed E-state index contributed by atoms with van der Waals surface area (Å²) in [6.07, 6.45) is 0. The molecule has 0 saturated carbocycles. The molecule has 14 rings (SSSR count). The number of anilines is 3. The van der Waals surface area contributed by atoms with Crippen molar-refractivity contribution in [3.63, 3.8) is 0 Å². The van der Waals surface area contributed by atoms with E-state index < -0.39 is 0 Å². The summed E-state index contributed by atoms with van der Waals surface area (Å²) in [5.74, 6) is 0.911. The van der Waals surface area contributed by atoms with Gasteiger partial charge in [-0.25, -0.2) is 4.98 Å². The van der Waals surface area contributed by atoms with Gasteiger partial charge in [-0.1, -0.05) is 147 Å². The van der Waals surface area contributed by atoms with Gasteiger partial charge in [-0.05, 0) is 148 Å². The van der Waals surface area contributed by atoms with Crippen molar-refractivity contribution >= 4 is 66.7 Å². The molecule has 0 radical (unpaired) electrons. The Kier molecular flexibility index (Phi) is 8.56. The average Bonchev–Trinajstić information content (AvgIpc) is 4.11. The summed E-state index contributed by atoms with van der Waals surface area (Å²) < 4.78 is 6.96. The normalized spacial score (nSPS) is 12.9. The Labute approximate surface area is 400 Å². The van der Waals surface area contributed by atoms with Gasteiger partial charge in [-0.2, -0.15) is 0 Å². The van der Waals surface area contributed by atoms with Gasteiger partial charge in [0.25, 0.3) is 0 Å². The van der Waals surface area contributed by atoms with Gasteiger partial charge in [0.15, 0.2) is 0 Å². The minimum Gasteiger partial charge on any atom is -0.310 e. The number of para-hydroxylation sites is 6. The summed E-state index contributed by atoms with van der Waals surface area (Å²) in [7, 11) is 0. The number of hydrogen-bond donors (Lipinski definition) is 0. The van der Waals surface area contributed by atoms with Crippen LogP contribution in [0.5, 0.6) is 0 Å². The lowest BCUT2D eigenvalue weighted by atomic mass is 9.82. The topological polar surface area (TPSA) is 30.4 Å². The van der Waals surface area contributed by atoms with Gasteiger partial charge >= 0.3 is 0 Å². The number of benzene rings is 10. The lowest BCUT2D eigenvalue weighted by Gasteiger charge is -2.28. The highest BCUT2D eigenvalue weighted by Crippen LogP contribution is 2.53. The molecule has 0 amide bonds. The summed E-state index contributed by atoms with van der Waals surface area (Å²) in [6.45, 7) is 4.78. The highest BCUT2D eigenvalue weighted by molar-refractivity contribution is 6.11. The van der Waals surface area contributed by atoms with Crippen LogP contribution in [-0.2, 0) is 5.41 Å². The summed E-state index contributed by atoms with van der Waals surface area (Å²) >= 11 is 0. The molecule has 1 aliphatic rings. The number of nitrogens with zero attached hydrogens (tertiary/aromatic N) is 5. The first kappa shape index (κ1) is 39.3. The lowest BCUT2D eigenvalue weighted by Crippen LogP contribution is -2.16. The van der Waals surface area contributed by atoms with Crippen LogP contribution in [0.4, 0.5) is 17.1 Å². The van der Waals surface area contributed by atoms with Gasteiger partial charge in [0, 0.05) is 44.6 Å². The third kappa shape index (κ3) is 6.00. The maximum absolute atomic E-state index is 5.10. The van der Waals surface area contributed by atoms with Crippen molar-refractivity contribution in [1.29, 1.82) is 0 Å². The van der Waals surface area contributed by atoms with Gasteiger partial charge in [-0.3, -0.25) is 8.97 Å². The number of rotatable bonds is 7. The smallest absolute Gasteiger partial charge is 0.220 e. The largest absolute Gasteiger partial charge is 0.310 e. The zero-order valence-corrected chi connectivity index (χ0v) is 38.3. The molecule has 0 atom stereocenters. The highest BCUT2D eigenvalue weighted by Gasteiger charge is 2.37. The second kappa shape index (κ2) is 15.0. The predicted octanol–water partition coefficient (Wildman–Crippen LogP) is 16.6. The van der Waals surface area contributed by atoms with Crippen LogP contribution in [0.2, 0.25) is 0 Å². The van der Waals surface area contributed by atoms with Crippen molar-refractivity contribution in [1.82, 2.24) is 18.5 Å². The molecule has 1 aliphatic carbocycles. The monoisotopic (exact) mass is 883 g/mol. The fourth-order valence-corrected chi connectivity index (χ4v) is 11.3. The molecule has 0 aliphatic heterocycles. The predicted molar refractivity (Wildman–Crippen MR) is 287 cm³/mol. The van der Waals surface area contributed by atoms with Crippen molar-refractivity contribution in [3.8, 4) is 44.8 Å². The van der Waals surface area contributed by atoms with Crippen LogP contribution in [0.15, 0.2) is 237 Å². The molecule has 326 valence electrons. The summed E-state index contributed by atoms with van der Waals surface area (Å²) in [5, 5.41) is 2.55. The fourth-order valence-electron chi connectivity index (χ4n) is 11.3. The van der Waals surface area contributed by atoms with Gasteiger partial charge in [0.1, 0.15) is 0 Å². The van der Waals surface area contributed by atoms with Gasteiger partial charge in [0.05, 0.1) is 33.1 Å². The third-order valence-corrected chi connectivity index (χ3v) is 14.6. The van der Waals surface area contributed by atoms with Crippen LogP contribution in [-0.4, -0.2) is 18.5 Å². The Morgan fingerprint density at radius 2 is 0.884 bits per heavy atom. The zero-order chi connectivity index (χ0) is 45.8. The van der Waals surface area contributed by atoms with E-state index in [-0.39, 0.29) is 5.41 Å². The molecular formula is C64H45N5. The first-order valence-corrected chi connectivity index (χ1v) is 23.8. The van der Waals surface area contributed by atoms with E-state index in [1.807, 2.05) is 0 Å². The second-order valence-corrected chi connectivity index (χ2v) is 18.9. The third-order valence-electron chi connectivity index (χ3n) is 14.6. The van der Waals surface area contributed by atoms with Crippen molar-refractivity contribution in [2.75, 3.05) is 4.90 Å². The molecule has 0 saturated heterocycles. The minimum atomic E-state index is -0.241. The molecule has 0 N–H and O–H groups in total. The van der Waals surface area contributed by atoms with Crippen molar-refractivity contribution in [2.24, 2.45) is 0 Å². The molecule has 5 heteroatoms. The molecule has 3 heterocycles. The number of fused-ring (bicyclic) bond motifs is 11. The van der Waals surface area contributed by atoms with E-state index in [1.165, 1.54) is 60.9 Å². The van der Waals surface area contributed by atoms with Crippen LogP contribution in [0, 0.1) is 0 Å². The van der Waals surface area contributed by atoms with E-state index >= 15 is 0 Å². The molecule has 0 spiro atoms. The van der Waals surface area contributed by atoms with Gasteiger partial charge < -0.3 is 9.47 Å². The molecule has 0 fully saturated rings. The number of hydrogen-bond acceptors (Lipinski definition) is 2. The van der Waals surface area contributed by atoms with E-state index in [4.69, 9.17) is 4.98 Å². The molecule has 5 nitrogen and oxygen atoms in total. The van der Waals surface area contributed by atoms with E-state index in [0.29, 0.717) is 0 Å². The standard InChI is InChI=1S/C64H45N5/c1-64(2)55-39-50(37-38-51(55)53-40-54-52-19-9-11-21-58(52)67(62(54)41-56(53)64)46-17-7-4-8-18-46)66(47-31-25-43(26-32-47)42-15-5-3-6-16-42)48-33-27-44(28-34-48)45-29-35-49(36-30-45)68-60-23-13-14-24-61(60)69-59-22-12-10-20-57(59)65-63(68)69/h3-41H,1-2H3. The fraction of sp³-hybridized carbons (Fsp3) is 0.0469. The Bertz CT molecular complexity index is 4120. The van der Waals surface area contributed by atoms with Crippen LogP contribution in [0.1, 0.15) is 25.0 Å². The lowest BCUT2D eigenvalue weighted by molar-refractivity contribution is 0.661. The first-order valence-electron chi connectivity index (χ1n) is 23.8. The van der Waals surface area contributed by atoms with Crippen LogP contribution in [0.25, 0.3) is 94.4 Å². The van der Waals surface area contributed by atoms with Crippen molar-refractivity contribution in [3.05, 3.63) is 248 Å². The Morgan fingerprint density at radius 1 is 0.362 bits per heavy atom. The van der Waals surface area contributed by atoms with Crippen molar-refractivity contribution in [2.45, 2.75) is 19.3 Å². The quantitative estimate of drug-likeness (QED) is 0.160. The van der Waals surface area contributed by atoms with Crippen molar-refractivity contribution < 1.29 is 0 Å². The van der Waals surface area contributed by atoms with Crippen LogP contribution >= 0.6 is 0 Å². The van der Waals surface area contributed by atoms with Gasteiger partial charge in [0.2, 0.25) is 5.78 Å². The average molecular weight is 884 g/mol. The van der Waals surface area contributed by atoms with E-state index in [0.717, 1.165) is 61.7 Å². The molecular weight excluding hydrogens is 839 g/mol. The summed E-state index contributed by atoms with van der Waals surface area (Å²) in [5.41, 5.74) is 22.2. The summed E-state index contributed by atoms with van der Waals surface area (Å²) in [6, 6.07) is 86.1. The highest BCUT2D eigenvalue weighted by atomic mass is 15.2. The first-order chi connectivity index (χ1) is 34.0. The molecule has 3 aromatic heterocycles. The molecule has 69 heavy (non-hydrogen) atoms. The van der Waals surface area contributed by atoms with E-state index in [9.17, 15) is 0 Å². The van der Waals surface area contributed by atoms with E-state index in [1.54, 1.807) is 0 Å². The SMILES string of the molecule is CC1(C)c2cc(N(c3ccc(-c4ccccc4)cc3)c3ccc(-c4ccc(-n5c6ccccc6n6c7ccccc7nc56)cc4)cc3)ccc2-c2cc3c4ccccc4n(-c4ccccc4)c3cc21. The maximum atomic E-state index is 5.10. The maximum Gasteiger partial charge on any atom is 0.220 e. The second-order valence-electron chi connectivity index (χ2n) is 18.9. The number of aromatic nitrogens is 4. The molecule has 0 unspecified atom stereocenters. The zero-order valence-electron chi connectivity index (χ0n) is 38.3. The van der Waals surface area contributed by atoms with Crippen LogP contribution < -0.4 is 4.90 Å². The Morgan fingerprint density at radius 3 is 1.58 bits per heavy atom. The Hall–Kier alpha value is -8.93. The molecule has 13 aromatic rings. The molecule has 10 aromatic carbocycles. The van der Waals surface area contributed by atoms with Gasteiger partial charge in [-0.15, -0.1) is 0 Å². The van der Waals surface area contributed by atoms with E-state index in [2.05, 4.69) is 269 Å². The molecule has 0 bridgehead atoms. The Balaban J connectivity index is 0.854. The minimum absolute atomic E-state index is 0.241.